The predicted octanol–water partition coefficient (Wildman–Crippen LogP) is 0.546. The highest BCUT2D eigenvalue weighted by Gasteiger charge is 2.15. The van der Waals surface area contributed by atoms with Gasteiger partial charge in [-0.3, -0.25) is 9.59 Å². The molecule has 0 radical (unpaired) electrons. The van der Waals surface area contributed by atoms with Crippen LogP contribution < -0.4 is 10.6 Å². The lowest BCUT2D eigenvalue weighted by atomic mass is 10.4. The number of carbonyl (C=O) groups excluding carboxylic acids is 2. The van der Waals surface area contributed by atoms with Crippen LogP contribution in [0.4, 0.5) is 0 Å². The summed E-state index contributed by atoms with van der Waals surface area (Å²) in [6.07, 6.45) is 0. The predicted molar refractivity (Wildman–Crippen MR) is 72.8 cm³/mol. The fraction of sp³-hybridized carbons (Fsp3) is 0.500. The quantitative estimate of drug-likeness (QED) is 0.711. The van der Waals surface area contributed by atoms with Gasteiger partial charge in [0.05, 0.1) is 11.4 Å². The Morgan fingerprint density at radius 3 is 2.78 bits per heavy atom. The third-order valence-electron chi connectivity index (χ3n) is 2.33. The Kier molecular flexibility index (Phi) is 6.38. The highest BCUT2D eigenvalue weighted by Crippen LogP contribution is 2.10. The lowest BCUT2D eigenvalue weighted by molar-refractivity contribution is -0.121. The Labute approximate surface area is 111 Å². The zero-order valence-corrected chi connectivity index (χ0v) is 11.5. The third-order valence-corrected chi connectivity index (χ3v) is 3.19. The smallest absolute Gasteiger partial charge is 0.264 e. The van der Waals surface area contributed by atoms with E-state index in [-0.39, 0.29) is 18.4 Å². The first-order chi connectivity index (χ1) is 8.65. The van der Waals surface area contributed by atoms with Crippen LogP contribution in [0.5, 0.6) is 0 Å². The maximum absolute atomic E-state index is 11.9. The molecule has 18 heavy (non-hydrogen) atoms. The van der Waals surface area contributed by atoms with Crippen LogP contribution in [0.2, 0.25) is 0 Å². The average molecular weight is 269 g/mol. The summed E-state index contributed by atoms with van der Waals surface area (Å²) in [6.45, 7) is 4.29. The van der Waals surface area contributed by atoms with Gasteiger partial charge in [-0.15, -0.1) is 11.3 Å². The van der Waals surface area contributed by atoms with Crippen molar-refractivity contribution in [2.45, 2.75) is 6.92 Å². The number of nitrogens with one attached hydrogen (secondary N) is 2. The summed E-state index contributed by atoms with van der Waals surface area (Å²) in [7, 11) is 1.63. The Hall–Kier alpha value is -1.40. The number of carbonyl (C=O) groups is 2. The van der Waals surface area contributed by atoms with Gasteiger partial charge in [0.25, 0.3) is 5.91 Å². The molecule has 100 valence electrons. The minimum absolute atomic E-state index is 0.0862. The van der Waals surface area contributed by atoms with Crippen LogP contribution in [0, 0.1) is 0 Å². The molecule has 1 aromatic rings. The van der Waals surface area contributed by atoms with Crippen molar-refractivity contribution in [1.29, 1.82) is 0 Å². The van der Waals surface area contributed by atoms with Gasteiger partial charge in [-0.05, 0) is 18.0 Å². The summed E-state index contributed by atoms with van der Waals surface area (Å²) >= 11 is 1.38. The second-order valence-corrected chi connectivity index (χ2v) is 4.79. The molecule has 0 bridgehead atoms. The first kappa shape index (κ1) is 14.7. The molecule has 0 aliphatic carbocycles. The number of amides is 2. The van der Waals surface area contributed by atoms with E-state index in [0.717, 1.165) is 13.1 Å². The molecule has 2 amide bonds. The SMILES string of the molecule is CCNCCNC(=O)CN(C)C(=O)c1cccs1. The molecule has 5 nitrogen and oxygen atoms in total. The molecule has 0 saturated heterocycles. The highest BCUT2D eigenvalue weighted by molar-refractivity contribution is 7.12. The highest BCUT2D eigenvalue weighted by atomic mass is 32.1. The second kappa shape index (κ2) is 7.84. The van der Waals surface area contributed by atoms with Crippen molar-refractivity contribution < 1.29 is 9.59 Å². The molecule has 1 rings (SSSR count). The topological polar surface area (TPSA) is 61.4 Å². The zero-order valence-electron chi connectivity index (χ0n) is 10.7. The molecule has 6 heteroatoms. The van der Waals surface area contributed by atoms with Gasteiger partial charge in [-0.1, -0.05) is 13.0 Å². The van der Waals surface area contributed by atoms with Crippen LogP contribution in [0.15, 0.2) is 17.5 Å². The molecule has 0 aliphatic heterocycles. The van der Waals surface area contributed by atoms with Gasteiger partial charge in [-0.25, -0.2) is 0 Å². The second-order valence-electron chi connectivity index (χ2n) is 3.84. The van der Waals surface area contributed by atoms with E-state index in [2.05, 4.69) is 10.6 Å². The zero-order chi connectivity index (χ0) is 13.4. The standard InChI is InChI=1S/C12H19N3O2S/c1-3-13-6-7-14-11(16)9-15(2)12(17)10-5-4-8-18-10/h4-5,8,13H,3,6-7,9H2,1-2H3,(H,14,16). The average Bonchev–Trinajstić information content (AvgIpc) is 2.87. The van der Waals surface area contributed by atoms with Gasteiger partial charge in [0.15, 0.2) is 0 Å². The first-order valence-corrected chi connectivity index (χ1v) is 6.79. The van der Waals surface area contributed by atoms with Crippen LogP contribution in [-0.4, -0.2) is 49.9 Å². The monoisotopic (exact) mass is 269 g/mol. The van der Waals surface area contributed by atoms with Gasteiger partial charge >= 0.3 is 0 Å². The summed E-state index contributed by atoms with van der Waals surface area (Å²) in [5.41, 5.74) is 0. The number of nitrogens with zero attached hydrogens (tertiary/aromatic N) is 1. The Balaban J connectivity index is 2.29. The summed E-state index contributed by atoms with van der Waals surface area (Å²) in [5.74, 6) is -0.257. The van der Waals surface area contributed by atoms with Crippen molar-refractivity contribution in [3.8, 4) is 0 Å². The normalized spacial score (nSPS) is 10.1. The number of rotatable bonds is 7. The Bertz CT molecular complexity index is 379. The van der Waals surface area contributed by atoms with Gasteiger partial charge < -0.3 is 15.5 Å². The van der Waals surface area contributed by atoms with E-state index < -0.39 is 0 Å². The van der Waals surface area contributed by atoms with Crippen LogP contribution in [-0.2, 0) is 4.79 Å². The number of thiophene rings is 1. The molecule has 0 atom stereocenters. The summed E-state index contributed by atoms with van der Waals surface area (Å²) in [6, 6.07) is 3.58. The van der Waals surface area contributed by atoms with Crippen LogP contribution >= 0.6 is 11.3 Å². The van der Waals surface area contributed by atoms with Crippen LogP contribution in [0.3, 0.4) is 0 Å². The van der Waals surface area contributed by atoms with Gasteiger partial charge in [0.2, 0.25) is 5.91 Å². The van der Waals surface area contributed by atoms with Crippen molar-refractivity contribution >= 4 is 23.2 Å². The molecular formula is C12H19N3O2S. The van der Waals surface area contributed by atoms with E-state index in [0.29, 0.717) is 11.4 Å². The Morgan fingerprint density at radius 2 is 2.17 bits per heavy atom. The van der Waals surface area contributed by atoms with Crippen LogP contribution in [0.1, 0.15) is 16.6 Å². The molecule has 1 heterocycles. The van der Waals surface area contributed by atoms with Gasteiger partial charge in [0.1, 0.15) is 0 Å². The van der Waals surface area contributed by atoms with E-state index in [1.807, 2.05) is 18.4 Å². The fourth-order valence-electron chi connectivity index (χ4n) is 1.40. The van der Waals surface area contributed by atoms with E-state index in [4.69, 9.17) is 0 Å². The fourth-order valence-corrected chi connectivity index (χ4v) is 2.12. The molecule has 1 aromatic heterocycles. The van der Waals surface area contributed by atoms with Crippen molar-refractivity contribution in [2.75, 3.05) is 33.2 Å². The summed E-state index contributed by atoms with van der Waals surface area (Å²) in [4.78, 5) is 25.5. The number of hydrogen-bond acceptors (Lipinski definition) is 4. The molecule has 2 N–H and O–H groups in total. The van der Waals surface area contributed by atoms with Gasteiger partial charge in [0, 0.05) is 20.1 Å². The minimum atomic E-state index is -0.139. The number of likely N-dealkylation sites (N-methyl/N-ethyl adjacent to an activating group) is 2. The molecule has 0 aliphatic rings. The summed E-state index contributed by atoms with van der Waals surface area (Å²) < 4.78 is 0. The van der Waals surface area contributed by atoms with E-state index in [9.17, 15) is 9.59 Å². The third kappa shape index (κ3) is 4.85. The van der Waals surface area contributed by atoms with Crippen molar-refractivity contribution in [3.63, 3.8) is 0 Å². The molecule has 0 spiro atoms. The molecule has 0 unspecified atom stereocenters. The van der Waals surface area contributed by atoms with Crippen molar-refractivity contribution in [3.05, 3.63) is 22.4 Å². The maximum Gasteiger partial charge on any atom is 0.264 e. The van der Waals surface area contributed by atoms with Crippen molar-refractivity contribution in [2.24, 2.45) is 0 Å². The molecule has 0 aromatic carbocycles. The molecular weight excluding hydrogens is 250 g/mol. The van der Waals surface area contributed by atoms with E-state index in [1.54, 1.807) is 13.1 Å². The minimum Gasteiger partial charge on any atom is -0.353 e. The largest absolute Gasteiger partial charge is 0.353 e. The first-order valence-electron chi connectivity index (χ1n) is 5.91. The van der Waals surface area contributed by atoms with Crippen molar-refractivity contribution in [1.82, 2.24) is 15.5 Å². The summed E-state index contributed by atoms with van der Waals surface area (Å²) in [5, 5.41) is 7.71. The molecule has 0 fully saturated rings. The maximum atomic E-state index is 11.9. The van der Waals surface area contributed by atoms with Gasteiger partial charge in [-0.2, -0.15) is 0 Å². The van der Waals surface area contributed by atoms with E-state index >= 15 is 0 Å². The van der Waals surface area contributed by atoms with Crippen LogP contribution in [0.25, 0.3) is 0 Å². The number of hydrogen-bond donors (Lipinski definition) is 2. The lowest BCUT2D eigenvalue weighted by Gasteiger charge is -2.15. The lowest BCUT2D eigenvalue weighted by Crippen LogP contribution is -2.40. The Morgan fingerprint density at radius 1 is 1.39 bits per heavy atom. The van der Waals surface area contributed by atoms with E-state index in [1.165, 1.54) is 16.2 Å². The molecule has 0 saturated carbocycles.